The summed E-state index contributed by atoms with van der Waals surface area (Å²) in [6, 6.07) is 2.11. The number of aromatic nitrogens is 1. The molecule has 2 rings (SSSR count). The molecule has 1 N–H and O–H groups in total. The van der Waals surface area contributed by atoms with Gasteiger partial charge in [0.25, 0.3) is 5.91 Å². The molecule has 1 aliphatic rings. The van der Waals surface area contributed by atoms with Crippen molar-refractivity contribution < 1.29 is 18.0 Å². The van der Waals surface area contributed by atoms with E-state index in [1.807, 2.05) is 7.05 Å². The first-order valence-electron chi connectivity index (χ1n) is 7.81. The third kappa shape index (κ3) is 4.43. The molecule has 7 heteroatoms. The number of aryl methyl sites for hydroxylation is 1. The quantitative estimate of drug-likeness (QED) is 0.924. The highest BCUT2D eigenvalue weighted by Crippen LogP contribution is 2.29. The van der Waals surface area contributed by atoms with Crippen molar-refractivity contribution in [2.45, 2.75) is 32.4 Å². The second kappa shape index (κ2) is 7.29. The van der Waals surface area contributed by atoms with Crippen LogP contribution in [0.25, 0.3) is 0 Å². The molecule has 128 valence electrons. The van der Waals surface area contributed by atoms with Crippen LogP contribution in [-0.4, -0.2) is 42.5 Å². The average Bonchev–Trinajstić information content (AvgIpc) is 2.52. The van der Waals surface area contributed by atoms with Crippen molar-refractivity contribution in [3.63, 3.8) is 0 Å². The molecule has 1 aromatic rings. The van der Waals surface area contributed by atoms with Crippen molar-refractivity contribution in [2.24, 2.45) is 5.92 Å². The summed E-state index contributed by atoms with van der Waals surface area (Å²) in [6.45, 7) is 3.70. The molecule has 0 radical (unpaired) electrons. The van der Waals surface area contributed by atoms with Crippen molar-refractivity contribution in [1.82, 2.24) is 15.2 Å². The van der Waals surface area contributed by atoms with E-state index in [1.54, 1.807) is 4.90 Å². The minimum Gasteiger partial charge on any atom is -0.339 e. The number of halogens is 3. The zero-order valence-corrected chi connectivity index (χ0v) is 13.4. The molecule has 1 amide bonds. The predicted molar refractivity (Wildman–Crippen MR) is 81.1 cm³/mol. The van der Waals surface area contributed by atoms with E-state index in [2.05, 4.69) is 10.3 Å². The second-order valence-electron chi connectivity index (χ2n) is 5.96. The molecular weight excluding hydrogens is 307 g/mol. The van der Waals surface area contributed by atoms with Crippen molar-refractivity contribution in [2.75, 3.05) is 26.7 Å². The maximum absolute atomic E-state index is 12.6. The average molecular weight is 329 g/mol. The van der Waals surface area contributed by atoms with Crippen LogP contribution >= 0.6 is 0 Å². The lowest BCUT2D eigenvalue weighted by molar-refractivity contribution is -0.141. The molecular formula is C16H22F3N3O. The lowest BCUT2D eigenvalue weighted by Gasteiger charge is -2.32. The van der Waals surface area contributed by atoms with Gasteiger partial charge in [0, 0.05) is 13.1 Å². The molecule has 23 heavy (non-hydrogen) atoms. The third-order valence-corrected chi connectivity index (χ3v) is 4.31. The van der Waals surface area contributed by atoms with Crippen LogP contribution in [0.2, 0.25) is 0 Å². The van der Waals surface area contributed by atoms with Crippen LogP contribution in [-0.2, 0) is 6.18 Å². The van der Waals surface area contributed by atoms with Crippen LogP contribution in [0, 0.1) is 12.8 Å². The molecule has 0 spiro atoms. The van der Waals surface area contributed by atoms with Gasteiger partial charge in [0.2, 0.25) is 0 Å². The zero-order chi connectivity index (χ0) is 17.0. The van der Waals surface area contributed by atoms with Gasteiger partial charge >= 0.3 is 6.18 Å². The summed E-state index contributed by atoms with van der Waals surface area (Å²) in [5.74, 6) is 0.370. The van der Waals surface area contributed by atoms with E-state index >= 15 is 0 Å². The standard InChI is InChI=1S/C16H22F3N3O/c1-11-13(3-4-14(21-11)16(17,18)19)15(23)22-9-6-12(7-10-22)5-8-20-2/h3-4,12,20H,5-10H2,1-2H3. The van der Waals surface area contributed by atoms with Gasteiger partial charge in [-0.05, 0) is 57.8 Å². The van der Waals surface area contributed by atoms with Gasteiger partial charge in [0.15, 0.2) is 0 Å². The van der Waals surface area contributed by atoms with Crippen LogP contribution in [0.4, 0.5) is 13.2 Å². The van der Waals surface area contributed by atoms with Crippen molar-refractivity contribution in [3.05, 3.63) is 29.1 Å². The molecule has 0 aliphatic carbocycles. The first-order chi connectivity index (χ1) is 10.8. The number of alkyl halides is 3. The fourth-order valence-corrected chi connectivity index (χ4v) is 2.89. The van der Waals surface area contributed by atoms with E-state index < -0.39 is 11.9 Å². The van der Waals surface area contributed by atoms with Crippen molar-refractivity contribution >= 4 is 5.91 Å². The maximum atomic E-state index is 12.6. The number of rotatable bonds is 4. The maximum Gasteiger partial charge on any atom is 0.433 e. The number of carbonyl (C=O) groups is 1. The van der Waals surface area contributed by atoms with Gasteiger partial charge in [0.05, 0.1) is 11.3 Å². The molecule has 1 aliphatic heterocycles. The Balaban J connectivity index is 2.02. The zero-order valence-electron chi connectivity index (χ0n) is 13.4. The van der Waals surface area contributed by atoms with Gasteiger partial charge in [0.1, 0.15) is 5.69 Å². The van der Waals surface area contributed by atoms with Gasteiger partial charge in [-0.25, -0.2) is 4.98 Å². The van der Waals surface area contributed by atoms with Crippen LogP contribution in [0.3, 0.4) is 0 Å². The minimum atomic E-state index is -4.49. The smallest absolute Gasteiger partial charge is 0.339 e. The predicted octanol–water partition coefficient (Wildman–Crippen LogP) is 2.87. The largest absolute Gasteiger partial charge is 0.433 e. The number of hydrogen-bond donors (Lipinski definition) is 1. The number of amides is 1. The number of pyridine rings is 1. The van der Waals surface area contributed by atoms with E-state index in [9.17, 15) is 18.0 Å². The van der Waals surface area contributed by atoms with E-state index in [1.165, 1.54) is 13.0 Å². The van der Waals surface area contributed by atoms with E-state index in [0.717, 1.165) is 31.9 Å². The Labute approximate surface area is 134 Å². The highest BCUT2D eigenvalue weighted by atomic mass is 19.4. The number of carbonyl (C=O) groups excluding carboxylic acids is 1. The van der Waals surface area contributed by atoms with Crippen LogP contribution < -0.4 is 5.32 Å². The minimum absolute atomic E-state index is 0.127. The number of nitrogens with one attached hydrogen (secondary N) is 1. The number of piperidine rings is 1. The van der Waals surface area contributed by atoms with E-state index in [4.69, 9.17) is 0 Å². The van der Waals surface area contributed by atoms with Gasteiger partial charge in [-0.2, -0.15) is 13.2 Å². The molecule has 1 saturated heterocycles. The molecule has 0 saturated carbocycles. The molecule has 0 bridgehead atoms. The summed E-state index contributed by atoms with van der Waals surface area (Å²) in [6.07, 6.45) is -1.54. The molecule has 2 heterocycles. The van der Waals surface area contributed by atoms with Crippen LogP contribution in [0.15, 0.2) is 12.1 Å². The molecule has 1 fully saturated rings. The summed E-state index contributed by atoms with van der Waals surface area (Å²) in [5, 5.41) is 3.12. The summed E-state index contributed by atoms with van der Waals surface area (Å²) in [4.78, 5) is 17.7. The topological polar surface area (TPSA) is 45.2 Å². The Kier molecular flexibility index (Phi) is 5.62. The first-order valence-corrected chi connectivity index (χ1v) is 7.81. The summed E-state index contributed by atoms with van der Waals surface area (Å²) < 4.78 is 37.9. The van der Waals surface area contributed by atoms with Gasteiger partial charge < -0.3 is 10.2 Å². The monoisotopic (exact) mass is 329 g/mol. The molecule has 0 atom stereocenters. The van der Waals surface area contributed by atoms with Crippen molar-refractivity contribution in [1.29, 1.82) is 0 Å². The Bertz CT molecular complexity index is 552. The van der Waals surface area contributed by atoms with E-state index in [0.29, 0.717) is 19.0 Å². The lowest BCUT2D eigenvalue weighted by atomic mass is 9.93. The first kappa shape index (κ1) is 17.7. The normalized spacial score (nSPS) is 16.7. The van der Waals surface area contributed by atoms with Crippen LogP contribution in [0.5, 0.6) is 0 Å². The van der Waals surface area contributed by atoms with Gasteiger partial charge in [-0.1, -0.05) is 0 Å². The summed E-state index contributed by atoms with van der Waals surface area (Å²) in [7, 11) is 1.92. The highest BCUT2D eigenvalue weighted by Gasteiger charge is 2.33. The SMILES string of the molecule is CNCCC1CCN(C(=O)c2ccc(C(F)(F)F)nc2C)CC1. The fraction of sp³-hybridized carbons (Fsp3) is 0.625. The number of likely N-dealkylation sites (tertiary alicyclic amines) is 1. The Morgan fingerprint density at radius 2 is 2.00 bits per heavy atom. The van der Waals surface area contributed by atoms with Crippen molar-refractivity contribution in [3.8, 4) is 0 Å². The van der Waals surface area contributed by atoms with Crippen LogP contribution in [0.1, 0.15) is 41.0 Å². The van der Waals surface area contributed by atoms with E-state index in [-0.39, 0.29) is 17.2 Å². The molecule has 0 aromatic carbocycles. The number of hydrogen-bond acceptors (Lipinski definition) is 3. The fourth-order valence-electron chi connectivity index (χ4n) is 2.89. The second-order valence-corrected chi connectivity index (χ2v) is 5.96. The van der Waals surface area contributed by atoms with Gasteiger partial charge in [-0.3, -0.25) is 4.79 Å². The molecule has 0 unspecified atom stereocenters. The molecule has 4 nitrogen and oxygen atoms in total. The summed E-state index contributed by atoms with van der Waals surface area (Å²) in [5.41, 5.74) is -0.578. The Hall–Kier alpha value is -1.63. The molecule has 1 aromatic heterocycles. The Morgan fingerprint density at radius 1 is 1.35 bits per heavy atom. The number of nitrogens with zero attached hydrogens (tertiary/aromatic N) is 2. The van der Waals surface area contributed by atoms with Gasteiger partial charge in [-0.15, -0.1) is 0 Å². The lowest BCUT2D eigenvalue weighted by Crippen LogP contribution is -2.39. The Morgan fingerprint density at radius 3 is 2.52 bits per heavy atom. The summed E-state index contributed by atoms with van der Waals surface area (Å²) >= 11 is 0. The highest BCUT2D eigenvalue weighted by molar-refractivity contribution is 5.95. The third-order valence-electron chi connectivity index (χ3n) is 4.31.